The van der Waals surface area contributed by atoms with E-state index in [0.29, 0.717) is 0 Å². The first-order valence-electron chi connectivity index (χ1n) is 11.0. The van der Waals surface area contributed by atoms with Crippen LogP contribution in [0.25, 0.3) is 22.4 Å². The summed E-state index contributed by atoms with van der Waals surface area (Å²) in [5.41, 5.74) is 5.37. The Morgan fingerprint density at radius 1 is 0.938 bits per heavy atom. The first-order chi connectivity index (χ1) is 15.7. The SMILES string of the molecule is CCN(Cc1cnn(C)c1)Cc1cn(Cc2ccccc2)nc1-c1cc2ccccc2o1. The van der Waals surface area contributed by atoms with Crippen molar-refractivity contribution in [2.75, 3.05) is 6.54 Å². The van der Waals surface area contributed by atoms with Crippen molar-refractivity contribution in [1.82, 2.24) is 24.5 Å². The molecular weight excluding hydrogens is 398 g/mol. The standard InChI is InChI=1S/C26H27N5O/c1-3-30(16-21-14-27-29(2)15-21)18-23-19-31(17-20-9-5-4-6-10-20)28-26(23)25-13-22-11-7-8-12-24(22)32-25/h4-15,19H,3,16-18H2,1-2H3. The second-order valence-corrected chi connectivity index (χ2v) is 8.16. The molecule has 0 saturated carbocycles. The average molecular weight is 426 g/mol. The lowest BCUT2D eigenvalue weighted by Gasteiger charge is -2.19. The highest BCUT2D eigenvalue weighted by Crippen LogP contribution is 2.30. The number of rotatable bonds is 8. The second kappa shape index (κ2) is 8.85. The van der Waals surface area contributed by atoms with Gasteiger partial charge in [-0.25, -0.2) is 0 Å². The molecule has 5 rings (SSSR count). The summed E-state index contributed by atoms with van der Waals surface area (Å²) in [5, 5.41) is 10.4. The lowest BCUT2D eigenvalue weighted by Crippen LogP contribution is -2.22. The first-order valence-corrected chi connectivity index (χ1v) is 11.0. The topological polar surface area (TPSA) is 52.0 Å². The van der Waals surface area contributed by atoms with Crippen molar-refractivity contribution in [3.05, 3.63) is 95.9 Å². The van der Waals surface area contributed by atoms with Gasteiger partial charge in [-0.1, -0.05) is 55.5 Å². The Hall–Kier alpha value is -3.64. The molecule has 0 atom stereocenters. The van der Waals surface area contributed by atoms with E-state index in [1.54, 1.807) is 0 Å². The van der Waals surface area contributed by atoms with Gasteiger partial charge in [0.15, 0.2) is 5.76 Å². The number of benzene rings is 2. The van der Waals surface area contributed by atoms with Gasteiger partial charge < -0.3 is 4.42 Å². The van der Waals surface area contributed by atoms with E-state index in [4.69, 9.17) is 9.52 Å². The van der Waals surface area contributed by atoms with Crippen molar-refractivity contribution in [3.63, 3.8) is 0 Å². The second-order valence-electron chi connectivity index (χ2n) is 8.16. The molecule has 0 spiro atoms. The summed E-state index contributed by atoms with van der Waals surface area (Å²) in [4.78, 5) is 2.40. The summed E-state index contributed by atoms with van der Waals surface area (Å²) in [6, 6.07) is 20.6. The molecule has 0 radical (unpaired) electrons. The van der Waals surface area contributed by atoms with Gasteiger partial charge in [-0.3, -0.25) is 14.3 Å². The Morgan fingerprint density at radius 3 is 2.50 bits per heavy atom. The minimum Gasteiger partial charge on any atom is -0.454 e. The molecule has 0 aliphatic heterocycles. The maximum absolute atomic E-state index is 6.19. The van der Waals surface area contributed by atoms with Crippen molar-refractivity contribution in [1.29, 1.82) is 0 Å². The molecule has 3 heterocycles. The van der Waals surface area contributed by atoms with Crippen LogP contribution in [0.1, 0.15) is 23.6 Å². The average Bonchev–Trinajstić information content (AvgIpc) is 3.52. The Morgan fingerprint density at radius 2 is 1.75 bits per heavy atom. The Labute approximate surface area is 187 Å². The van der Waals surface area contributed by atoms with Gasteiger partial charge in [0.25, 0.3) is 0 Å². The number of aryl methyl sites for hydroxylation is 1. The molecule has 0 bridgehead atoms. The third kappa shape index (κ3) is 4.36. The molecule has 0 N–H and O–H groups in total. The number of nitrogens with zero attached hydrogens (tertiary/aromatic N) is 5. The van der Waals surface area contributed by atoms with Gasteiger partial charge in [0.2, 0.25) is 0 Å². The van der Waals surface area contributed by atoms with Gasteiger partial charge in [-0.15, -0.1) is 0 Å². The van der Waals surface area contributed by atoms with Crippen LogP contribution in [-0.2, 0) is 26.7 Å². The monoisotopic (exact) mass is 425 g/mol. The normalized spacial score (nSPS) is 11.6. The fraction of sp³-hybridized carbons (Fsp3) is 0.231. The van der Waals surface area contributed by atoms with Crippen LogP contribution in [0.2, 0.25) is 0 Å². The van der Waals surface area contributed by atoms with Crippen LogP contribution >= 0.6 is 0 Å². The summed E-state index contributed by atoms with van der Waals surface area (Å²) in [6.45, 7) is 5.47. The summed E-state index contributed by atoms with van der Waals surface area (Å²) >= 11 is 0. The van der Waals surface area contributed by atoms with E-state index in [0.717, 1.165) is 54.2 Å². The van der Waals surface area contributed by atoms with Crippen LogP contribution < -0.4 is 0 Å². The molecular formula is C26H27N5O. The van der Waals surface area contributed by atoms with Crippen molar-refractivity contribution < 1.29 is 4.42 Å². The maximum Gasteiger partial charge on any atom is 0.156 e. The molecule has 0 saturated heterocycles. The predicted octanol–water partition coefficient (Wildman–Crippen LogP) is 5.10. The third-order valence-corrected chi connectivity index (χ3v) is 5.69. The lowest BCUT2D eigenvalue weighted by atomic mass is 10.1. The summed E-state index contributed by atoms with van der Waals surface area (Å²) in [5.74, 6) is 0.811. The molecule has 6 heteroatoms. The molecule has 0 amide bonds. The number of para-hydroxylation sites is 1. The fourth-order valence-corrected chi connectivity index (χ4v) is 4.07. The first kappa shape index (κ1) is 20.3. The van der Waals surface area contributed by atoms with Gasteiger partial charge >= 0.3 is 0 Å². The molecule has 0 fully saturated rings. The number of hydrogen-bond acceptors (Lipinski definition) is 4. The van der Waals surface area contributed by atoms with Crippen LogP contribution in [0.4, 0.5) is 0 Å². The molecule has 0 aliphatic rings. The van der Waals surface area contributed by atoms with Gasteiger partial charge in [0.05, 0.1) is 12.7 Å². The highest BCUT2D eigenvalue weighted by molar-refractivity contribution is 5.82. The van der Waals surface area contributed by atoms with Crippen molar-refractivity contribution in [3.8, 4) is 11.5 Å². The Balaban J connectivity index is 1.48. The number of aromatic nitrogens is 4. The third-order valence-electron chi connectivity index (χ3n) is 5.69. The van der Waals surface area contributed by atoms with E-state index in [1.165, 1.54) is 11.1 Å². The highest BCUT2D eigenvalue weighted by Gasteiger charge is 2.18. The summed E-state index contributed by atoms with van der Waals surface area (Å²) < 4.78 is 10.1. The van der Waals surface area contributed by atoms with E-state index in [1.807, 2.05) is 46.9 Å². The molecule has 0 aliphatic carbocycles. The van der Waals surface area contributed by atoms with Crippen LogP contribution in [0.15, 0.2) is 83.7 Å². The minimum absolute atomic E-state index is 0.725. The van der Waals surface area contributed by atoms with E-state index < -0.39 is 0 Å². The van der Waals surface area contributed by atoms with Crippen LogP contribution in [-0.4, -0.2) is 31.0 Å². The van der Waals surface area contributed by atoms with Crippen molar-refractivity contribution in [2.45, 2.75) is 26.6 Å². The molecule has 162 valence electrons. The largest absolute Gasteiger partial charge is 0.454 e. The predicted molar refractivity (Wildman–Crippen MR) is 126 cm³/mol. The van der Waals surface area contributed by atoms with E-state index in [9.17, 15) is 0 Å². The van der Waals surface area contributed by atoms with E-state index in [-0.39, 0.29) is 0 Å². The molecule has 2 aromatic carbocycles. The summed E-state index contributed by atoms with van der Waals surface area (Å²) in [7, 11) is 1.95. The number of furan rings is 1. The number of hydrogen-bond donors (Lipinski definition) is 0. The summed E-state index contributed by atoms with van der Waals surface area (Å²) in [6.07, 6.45) is 6.16. The van der Waals surface area contributed by atoms with Gasteiger partial charge in [-0.05, 0) is 24.2 Å². The zero-order valence-electron chi connectivity index (χ0n) is 18.5. The Bertz CT molecular complexity index is 1280. The van der Waals surface area contributed by atoms with E-state index in [2.05, 4.69) is 65.7 Å². The number of fused-ring (bicyclic) bond motifs is 1. The van der Waals surface area contributed by atoms with Gasteiger partial charge in [-0.2, -0.15) is 10.2 Å². The van der Waals surface area contributed by atoms with Crippen molar-refractivity contribution in [2.24, 2.45) is 7.05 Å². The highest BCUT2D eigenvalue weighted by atomic mass is 16.3. The smallest absolute Gasteiger partial charge is 0.156 e. The molecule has 3 aromatic heterocycles. The maximum atomic E-state index is 6.19. The van der Waals surface area contributed by atoms with Crippen molar-refractivity contribution >= 4 is 11.0 Å². The lowest BCUT2D eigenvalue weighted by molar-refractivity contribution is 0.271. The van der Waals surface area contributed by atoms with E-state index >= 15 is 0 Å². The zero-order valence-corrected chi connectivity index (χ0v) is 18.5. The molecule has 6 nitrogen and oxygen atoms in total. The van der Waals surface area contributed by atoms with Crippen LogP contribution in [0.3, 0.4) is 0 Å². The van der Waals surface area contributed by atoms with Crippen LogP contribution in [0.5, 0.6) is 0 Å². The van der Waals surface area contributed by atoms with Gasteiger partial charge in [0.1, 0.15) is 11.3 Å². The Kier molecular flexibility index (Phi) is 5.60. The van der Waals surface area contributed by atoms with Crippen LogP contribution in [0, 0.1) is 0 Å². The fourth-order valence-electron chi connectivity index (χ4n) is 4.07. The molecule has 5 aromatic rings. The minimum atomic E-state index is 0.725. The molecule has 32 heavy (non-hydrogen) atoms. The molecule has 0 unspecified atom stereocenters. The quantitative estimate of drug-likeness (QED) is 0.347. The van der Waals surface area contributed by atoms with Gasteiger partial charge in [0, 0.05) is 49.0 Å². The zero-order chi connectivity index (χ0) is 21.9.